The normalized spacial score (nSPS) is 21.4. The van der Waals surface area contributed by atoms with E-state index in [0.717, 1.165) is 25.1 Å². The molecular weight excluding hydrogens is 268 g/mol. The van der Waals surface area contributed by atoms with Crippen molar-refractivity contribution in [3.05, 3.63) is 24.0 Å². The van der Waals surface area contributed by atoms with Gasteiger partial charge in [0.1, 0.15) is 0 Å². The molecule has 0 radical (unpaired) electrons. The van der Waals surface area contributed by atoms with Crippen LogP contribution in [0.5, 0.6) is 0 Å². The maximum absolute atomic E-state index is 12.2. The van der Waals surface area contributed by atoms with Crippen molar-refractivity contribution in [1.29, 1.82) is 0 Å². The molecule has 16 heavy (non-hydrogen) atoms. The second-order valence-corrected chi connectivity index (χ2v) is 6.74. The zero-order chi connectivity index (χ0) is 11.8. The van der Waals surface area contributed by atoms with Gasteiger partial charge in [0.25, 0.3) is 0 Å². The number of amides is 1. The minimum absolute atomic E-state index is 0.171. The van der Waals surface area contributed by atoms with Gasteiger partial charge < -0.3 is 9.88 Å². The molecule has 0 aromatic carbocycles. The first-order chi connectivity index (χ1) is 7.50. The number of halogens is 1. The average Bonchev–Trinajstić information content (AvgIpc) is 2.85. The number of aromatic amines is 1. The number of rotatable bonds is 2. The summed E-state index contributed by atoms with van der Waals surface area (Å²) in [5.41, 5.74) is 1.14. The summed E-state index contributed by atoms with van der Waals surface area (Å²) in [6, 6.07) is 4.26. The second kappa shape index (κ2) is 4.24. The highest BCUT2D eigenvalue weighted by molar-refractivity contribution is 9.10. The van der Waals surface area contributed by atoms with Crippen LogP contribution in [0.15, 0.2) is 18.3 Å². The lowest BCUT2D eigenvalue weighted by molar-refractivity contribution is -0.133. The molecule has 0 aliphatic carbocycles. The Morgan fingerprint density at radius 3 is 2.94 bits per heavy atom. The molecule has 1 amide bonds. The van der Waals surface area contributed by atoms with Gasteiger partial charge in [-0.05, 0) is 38.8 Å². The monoisotopic (exact) mass is 284 g/mol. The number of alkyl halides is 1. The van der Waals surface area contributed by atoms with Crippen molar-refractivity contribution in [2.24, 2.45) is 0 Å². The van der Waals surface area contributed by atoms with E-state index in [0.29, 0.717) is 0 Å². The third-order valence-electron chi connectivity index (χ3n) is 3.00. The van der Waals surface area contributed by atoms with Crippen molar-refractivity contribution in [3.63, 3.8) is 0 Å². The number of nitrogens with zero attached hydrogens (tertiary/aromatic N) is 1. The van der Waals surface area contributed by atoms with Gasteiger partial charge in [-0.2, -0.15) is 0 Å². The zero-order valence-corrected chi connectivity index (χ0v) is 11.3. The van der Waals surface area contributed by atoms with E-state index in [1.807, 2.05) is 31.0 Å². The van der Waals surface area contributed by atoms with Crippen molar-refractivity contribution in [2.75, 3.05) is 6.54 Å². The van der Waals surface area contributed by atoms with Crippen LogP contribution in [0.1, 0.15) is 38.4 Å². The summed E-state index contributed by atoms with van der Waals surface area (Å²) < 4.78 is -0.470. The smallest absolute Gasteiger partial charge is 0.239 e. The molecule has 1 unspecified atom stereocenters. The molecule has 1 atom stereocenters. The number of carbonyl (C=O) groups is 1. The summed E-state index contributed by atoms with van der Waals surface area (Å²) in [5, 5.41) is 0. The predicted molar refractivity (Wildman–Crippen MR) is 67.5 cm³/mol. The number of likely N-dealkylation sites (tertiary alicyclic amines) is 1. The van der Waals surface area contributed by atoms with E-state index in [1.54, 1.807) is 0 Å². The second-order valence-electron chi connectivity index (χ2n) is 4.75. The Bertz CT molecular complexity index is 367. The molecule has 1 aromatic rings. The number of hydrogen-bond acceptors (Lipinski definition) is 1. The van der Waals surface area contributed by atoms with Crippen molar-refractivity contribution >= 4 is 21.8 Å². The van der Waals surface area contributed by atoms with Gasteiger partial charge in [-0.3, -0.25) is 4.79 Å². The molecule has 0 saturated carbocycles. The third kappa shape index (κ3) is 2.17. The summed E-state index contributed by atoms with van der Waals surface area (Å²) >= 11 is 3.44. The van der Waals surface area contributed by atoms with Crippen LogP contribution >= 0.6 is 15.9 Å². The highest BCUT2D eigenvalue weighted by Crippen LogP contribution is 2.34. The fourth-order valence-electron chi connectivity index (χ4n) is 2.23. The van der Waals surface area contributed by atoms with Crippen LogP contribution in [0.3, 0.4) is 0 Å². The zero-order valence-electron chi connectivity index (χ0n) is 9.66. The summed E-state index contributed by atoms with van der Waals surface area (Å²) in [6.07, 6.45) is 4.05. The van der Waals surface area contributed by atoms with Gasteiger partial charge in [-0.15, -0.1) is 0 Å². The molecule has 1 aliphatic heterocycles. The van der Waals surface area contributed by atoms with Gasteiger partial charge in [-0.25, -0.2) is 0 Å². The number of H-pyrrole nitrogens is 1. The molecule has 0 bridgehead atoms. The fraction of sp³-hybridized carbons (Fsp3) is 0.583. The van der Waals surface area contributed by atoms with E-state index < -0.39 is 4.32 Å². The van der Waals surface area contributed by atoms with Crippen molar-refractivity contribution in [1.82, 2.24) is 9.88 Å². The maximum atomic E-state index is 12.2. The quantitative estimate of drug-likeness (QED) is 0.833. The Labute approximate surface area is 104 Å². The first-order valence-electron chi connectivity index (χ1n) is 5.63. The van der Waals surface area contributed by atoms with Gasteiger partial charge >= 0.3 is 0 Å². The van der Waals surface area contributed by atoms with Gasteiger partial charge in [0, 0.05) is 18.4 Å². The van der Waals surface area contributed by atoms with Crippen molar-refractivity contribution in [3.8, 4) is 0 Å². The molecule has 1 aromatic heterocycles. The summed E-state index contributed by atoms with van der Waals surface area (Å²) in [6.45, 7) is 4.66. The van der Waals surface area contributed by atoms with Gasteiger partial charge in [0.15, 0.2) is 0 Å². The Morgan fingerprint density at radius 1 is 1.62 bits per heavy atom. The highest BCUT2D eigenvalue weighted by atomic mass is 79.9. The Kier molecular flexibility index (Phi) is 3.10. The van der Waals surface area contributed by atoms with Crippen LogP contribution in [0.4, 0.5) is 0 Å². The van der Waals surface area contributed by atoms with E-state index in [1.165, 1.54) is 0 Å². The van der Waals surface area contributed by atoms with Crippen LogP contribution < -0.4 is 0 Å². The molecule has 4 heteroatoms. The van der Waals surface area contributed by atoms with Crippen molar-refractivity contribution in [2.45, 2.75) is 37.1 Å². The Hall–Kier alpha value is -0.770. The molecule has 2 rings (SSSR count). The maximum Gasteiger partial charge on any atom is 0.239 e. The van der Waals surface area contributed by atoms with E-state index >= 15 is 0 Å². The molecule has 1 N–H and O–H groups in total. The molecule has 1 fully saturated rings. The van der Waals surface area contributed by atoms with E-state index in [2.05, 4.69) is 27.0 Å². The van der Waals surface area contributed by atoms with E-state index in [-0.39, 0.29) is 11.9 Å². The topological polar surface area (TPSA) is 36.1 Å². The number of hydrogen-bond donors (Lipinski definition) is 1. The lowest BCUT2D eigenvalue weighted by atomic mass is 10.1. The highest BCUT2D eigenvalue weighted by Gasteiger charge is 2.36. The first-order valence-corrected chi connectivity index (χ1v) is 6.43. The Balaban J connectivity index is 2.19. The lowest BCUT2D eigenvalue weighted by Crippen LogP contribution is -2.41. The van der Waals surface area contributed by atoms with Crippen LogP contribution in [-0.4, -0.2) is 26.7 Å². The molecule has 88 valence electrons. The molecule has 2 heterocycles. The standard InChI is InChI=1S/C12H17BrN2O/c1-12(2,13)11(16)15-8-4-6-10(15)9-5-3-7-14-9/h3,5,7,10,14H,4,6,8H2,1-2H3. The summed E-state index contributed by atoms with van der Waals surface area (Å²) in [4.78, 5) is 17.4. The Morgan fingerprint density at radius 2 is 2.38 bits per heavy atom. The van der Waals surface area contributed by atoms with Gasteiger partial charge in [-0.1, -0.05) is 15.9 Å². The lowest BCUT2D eigenvalue weighted by Gasteiger charge is -2.29. The number of aromatic nitrogens is 1. The first kappa shape index (κ1) is 11.7. The molecule has 1 saturated heterocycles. The van der Waals surface area contributed by atoms with Gasteiger partial charge in [0.05, 0.1) is 10.4 Å². The van der Waals surface area contributed by atoms with E-state index in [4.69, 9.17) is 0 Å². The van der Waals surface area contributed by atoms with Crippen LogP contribution in [0.2, 0.25) is 0 Å². The van der Waals surface area contributed by atoms with Crippen LogP contribution in [0, 0.1) is 0 Å². The van der Waals surface area contributed by atoms with Gasteiger partial charge in [0.2, 0.25) is 5.91 Å². The fourth-order valence-corrected chi connectivity index (χ4v) is 2.45. The number of nitrogens with one attached hydrogen (secondary N) is 1. The van der Waals surface area contributed by atoms with Crippen LogP contribution in [0.25, 0.3) is 0 Å². The molecule has 0 spiro atoms. The SMILES string of the molecule is CC(C)(Br)C(=O)N1CCCC1c1ccc[nH]1. The third-order valence-corrected chi connectivity index (χ3v) is 3.34. The average molecular weight is 285 g/mol. The number of carbonyl (C=O) groups excluding carboxylic acids is 1. The van der Waals surface area contributed by atoms with Crippen molar-refractivity contribution < 1.29 is 4.79 Å². The summed E-state index contributed by atoms with van der Waals surface area (Å²) in [5.74, 6) is 0.171. The predicted octanol–water partition coefficient (Wildman–Crippen LogP) is 2.85. The van der Waals surface area contributed by atoms with E-state index in [9.17, 15) is 4.79 Å². The summed E-state index contributed by atoms with van der Waals surface area (Å²) in [7, 11) is 0. The molecule has 1 aliphatic rings. The van der Waals surface area contributed by atoms with Crippen LogP contribution in [-0.2, 0) is 4.79 Å². The molecule has 3 nitrogen and oxygen atoms in total. The molecular formula is C12H17BrN2O. The largest absolute Gasteiger partial charge is 0.363 e. The minimum Gasteiger partial charge on any atom is -0.363 e. The minimum atomic E-state index is -0.470.